The Morgan fingerprint density at radius 3 is 2.53 bits per heavy atom. The predicted octanol–water partition coefficient (Wildman–Crippen LogP) is 4.03. The molecule has 0 bridgehead atoms. The summed E-state index contributed by atoms with van der Waals surface area (Å²) in [6.07, 6.45) is 1.75. The number of nitrogens with one attached hydrogen (secondary N) is 2. The molecule has 32 heavy (non-hydrogen) atoms. The summed E-state index contributed by atoms with van der Waals surface area (Å²) in [6.45, 7) is 7.84. The lowest BCUT2D eigenvalue weighted by Crippen LogP contribution is -2.50. The molecule has 0 spiro atoms. The van der Waals surface area contributed by atoms with Gasteiger partial charge in [0.2, 0.25) is 0 Å². The number of piperazine rings is 1. The van der Waals surface area contributed by atoms with Crippen molar-refractivity contribution in [3.05, 3.63) is 65.4 Å². The molecule has 2 amide bonds. The topological polar surface area (TPSA) is 86.3 Å². The average molecular weight is 436 g/mol. The van der Waals surface area contributed by atoms with Crippen molar-refractivity contribution in [1.29, 1.82) is 0 Å². The standard InChI is InChI=1S/C23H26FN7O/c1-15-7-8-25-20(13-15)29-21-14-22(27-17(3)26-21)30-9-11-31(12-10-30)23(32)28-19-6-4-5-18(24)16(19)2/h4-8,13-14H,9-12H2,1-3H3,(H,28,32)(H,25,26,27,29). The lowest BCUT2D eigenvalue weighted by Gasteiger charge is -2.35. The van der Waals surface area contributed by atoms with E-state index in [0.29, 0.717) is 49.1 Å². The normalized spacial score (nSPS) is 13.8. The van der Waals surface area contributed by atoms with Gasteiger partial charge in [-0.05, 0) is 50.6 Å². The maximum atomic E-state index is 13.7. The van der Waals surface area contributed by atoms with Gasteiger partial charge in [0.15, 0.2) is 0 Å². The maximum absolute atomic E-state index is 13.7. The van der Waals surface area contributed by atoms with Crippen molar-refractivity contribution in [1.82, 2.24) is 19.9 Å². The van der Waals surface area contributed by atoms with Crippen molar-refractivity contribution in [3.63, 3.8) is 0 Å². The van der Waals surface area contributed by atoms with E-state index in [2.05, 4.69) is 30.5 Å². The van der Waals surface area contributed by atoms with Crippen LogP contribution in [0.4, 0.5) is 32.3 Å². The van der Waals surface area contributed by atoms with Crippen LogP contribution in [0.1, 0.15) is 17.0 Å². The lowest BCUT2D eigenvalue weighted by atomic mass is 10.2. The molecule has 4 rings (SSSR count). The number of carbonyl (C=O) groups is 1. The molecule has 1 aromatic carbocycles. The van der Waals surface area contributed by atoms with E-state index in [0.717, 1.165) is 17.2 Å². The molecular formula is C23H26FN7O. The Hall–Kier alpha value is -3.75. The molecule has 9 heteroatoms. The summed E-state index contributed by atoms with van der Waals surface area (Å²) in [7, 11) is 0. The van der Waals surface area contributed by atoms with Crippen LogP contribution in [0.3, 0.4) is 0 Å². The van der Waals surface area contributed by atoms with Gasteiger partial charge in [-0.25, -0.2) is 24.1 Å². The first-order chi connectivity index (χ1) is 15.4. The number of nitrogens with zero attached hydrogens (tertiary/aromatic N) is 5. The van der Waals surface area contributed by atoms with E-state index < -0.39 is 0 Å². The number of amides is 2. The van der Waals surface area contributed by atoms with Crippen LogP contribution >= 0.6 is 0 Å². The largest absolute Gasteiger partial charge is 0.353 e. The third-order valence-electron chi connectivity index (χ3n) is 5.40. The van der Waals surface area contributed by atoms with Crippen LogP contribution in [0, 0.1) is 26.6 Å². The third-order valence-corrected chi connectivity index (χ3v) is 5.40. The molecule has 0 saturated carbocycles. The number of benzene rings is 1. The van der Waals surface area contributed by atoms with Crippen LogP contribution in [-0.4, -0.2) is 52.1 Å². The fourth-order valence-electron chi connectivity index (χ4n) is 3.59. The second-order valence-corrected chi connectivity index (χ2v) is 7.82. The van der Waals surface area contributed by atoms with Crippen LogP contribution in [-0.2, 0) is 0 Å². The van der Waals surface area contributed by atoms with E-state index in [4.69, 9.17) is 0 Å². The smallest absolute Gasteiger partial charge is 0.321 e. The Morgan fingerprint density at radius 2 is 1.78 bits per heavy atom. The lowest BCUT2D eigenvalue weighted by molar-refractivity contribution is 0.208. The van der Waals surface area contributed by atoms with Gasteiger partial charge in [0.05, 0.1) is 0 Å². The number of aromatic nitrogens is 3. The number of hydrogen-bond donors (Lipinski definition) is 2. The number of aryl methyl sites for hydroxylation is 2. The average Bonchev–Trinajstić information content (AvgIpc) is 2.76. The fourth-order valence-corrected chi connectivity index (χ4v) is 3.59. The minimum atomic E-state index is -0.336. The quantitative estimate of drug-likeness (QED) is 0.643. The molecule has 166 valence electrons. The Kier molecular flexibility index (Phi) is 6.16. The number of carbonyl (C=O) groups excluding carboxylic acids is 1. The summed E-state index contributed by atoms with van der Waals surface area (Å²) in [5, 5.41) is 6.05. The maximum Gasteiger partial charge on any atom is 0.321 e. The Morgan fingerprint density at radius 1 is 1.00 bits per heavy atom. The van der Waals surface area contributed by atoms with Crippen molar-refractivity contribution < 1.29 is 9.18 Å². The van der Waals surface area contributed by atoms with Gasteiger partial charge in [0.25, 0.3) is 0 Å². The Labute approximate surface area is 186 Å². The third kappa shape index (κ3) is 4.93. The van der Waals surface area contributed by atoms with Gasteiger partial charge in [0, 0.05) is 49.7 Å². The summed E-state index contributed by atoms with van der Waals surface area (Å²) in [5.41, 5.74) is 2.03. The van der Waals surface area contributed by atoms with Gasteiger partial charge in [-0.1, -0.05) is 6.07 Å². The van der Waals surface area contributed by atoms with E-state index in [9.17, 15) is 9.18 Å². The van der Waals surface area contributed by atoms with Crippen molar-refractivity contribution >= 4 is 29.2 Å². The highest BCUT2D eigenvalue weighted by atomic mass is 19.1. The molecule has 1 saturated heterocycles. The zero-order valence-electron chi connectivity index (χ0n) is 18.4. The monoisotopic (exact) mass is 435 g/mol. The first-order valence-electron chi connectivity index (χ1n) is 10.5. The molecule has 0 aliphatic carbocycles. The fraction of sp³-hybridized carbons (Fsp3) is 0.304. The second kappa shape index (κ2) is 9.17. The first-order valence-corrected chi connectivity index (χ1v) is 10.5. The number of anilines is 4. The number of pyridine rings is 1. The van der Waals surface area contributed by atoms with Crippen molar-refractivity contribution in [3.8, 4) is 0 Å². The van der Waals surface area contributed by atoms with Gasteiger partial charge < -0.3 is 20.4 Å². The van der Waals surface area contributed by atoms with Gasteiger partial charge in [-0.3, -0.25) is 0 Å². The number of rotatable bonds is 4. The number of urea groups is 1. The molecule has 2 aromatic heterocycles. The molecule has 3 heterocycles. The summed E-state index contributed by atoms with van der Waals surface area (Å²) in [6, 6.07) is 10.2. The summed E-state index contributed by atoms with van der Waals surface area (Å²) in [5.74, 6) is 2.51. The minimum absolute atomic E-state index is 0.231. The van der Waals surface area contributed by atoms with Crippen LogP contribution in [0.2, 0.25) is 0 Å². The highest BCUT2D eigenvalue weighted by molar-refractivity contribution is 5.90. The number of hydrogen-bond acceptors (Lipinski definition) is 6. The van der Waals surface area contributed by atoms with Crippen LogP contribution in [0.5, 0.6) is 0 Å². The molecule has 8 nitrogen and oxygen atoms in total. The van der Waals surface area contributed by atoms with Gasteiger partial charge in [-0.15, -0.1) is 0 Å². The van der Waals surface area contributed by atoms with Gasteiger partial charge in [0.1, 0.15) is 29.1 Å². The van der Waals surface area contributed by atoms with Crippen LogP contribution in [0.15, 0.2) is 42.6 Å². The molecule has 3 aromatic rings. The summed E-state index contributed by atoms with van der Waals surface area (Å²) < 4.78 is 13.7. The molecule has 1 fully saturated rings. The molecule has 0 radical (unpaired) electrons. The highest BCUT2D eigenvalue weighted by Gasteiger charge is 2.23. The number of halogens is 1. The molecular weight excluding hydrogens is 409 g/mol. The van der Waals surface area contributed by atoms with E-state index in [1.165, 1.54) is 6.07 Å². The molecule has 1 aliphatic rings. The van der Waals surface area contributed by atoms with E-state index >= 15 is 0 Å². The second-order valence-electron chi connectivity index (χ2n) is 7.82. The van der Waals surface area contributed by atoms with E-state index in [1.807, 2.05) is 32.0 Å². The highest BCUT2D eigenvalue weighted by Crippen LogP contribution is 2.22. The predicted molar refractivity (Wildman–Crippen MR) is 123 cm³/mol. The van der Waals surface area contributed by atoms with Crippen molar-refractivity contribution in [2.45, 2.75) is 20.8 Å². The van der Waals surface area contributed by atoms with Crippen LogP contribution < -0.4 is 15.5 Å². The molecule has 0 unspecified atom stereocenters. The zero-order valence-corrected chi connectivity index (χ0v) is 18.4. The molecule has 1 aliphatic heterocycles. The molecule has 0 atom stereocenters. The SMILES string of the molecule is Cc1ccnc(Nc2cc(N3CCN(C(=O)Nc4cccc(F)c4C)CC3)nc(C)n2)c1. The van der Waals surface area contributed by atoms with Crippen molar-refractivity contribution in [2.75, 3.05) is 41.7 Å². The minimum Gasteiger partial charge on any atom is -0.353 e. The zero-order chi connectivity index (χ0) is 22.7. The van der Waals surface area contributed by atoms with Crippen molar-refractivity contribution in [2.24, 2.45) is 0 Å². The van der Waals surface area contributed by atoms with Crippen LogP contribution in [0.25, 0.3) is 0 Å². The van der Waals surface area contributed by atoms with E-state index in [-0.39, 0.29) is 11.8 Å². The molecule has 2 N–H and O–H groups in total. The Bertz CT molecular complexity index is 1130. The first kappa shape index (κ1) is 21.5. The summed E-state index contributed by atoms with van der Waals surface area (Å²) in [4.78, 5) is 29.9. The van der Waals surface area contributed by atoms with E-state index in [1.54, 1.807) is 30.2 Å². The van der Waals surface area contributed by atoms with Gasteiger partial charge >= 0.3 is 6.03 Å². The van der Waals surface area contributed by atoms with Gasteiger partial charge in [-0.2, -0.15) is 0 Å². The summed E-state index contributed by atoms with van der Waals surface area (Å²) >= 11 is 0. The Balaban J connectivity index is 1.40.